The van der Waals surface area contributed by atoms with Crippen molar-refractivity contribution in [3.63, 3.8) is 0 Å². The monoisotopic (exact) mass is 339 g/mol. The van der Waals surface area contributed by atoms with Gasteiger partial charge in [-0.1, -0.05) is 28.1 Å². The fourth-order valence-corrected chi connectivity index (χ4v) is 1.23. The summed E-state index contributed by atoms with van der Waals surface area (Å²) in [6.07, 6.45) is -4.42. The van der Waals surface area contributed by atoms with E-state index < -0.39 is 17.1 Å². The zero-order valence-electron chi connectivity index (χ0n) is 10.3. The summed E-state index contributed by atoms with van der Waals surface area (Å²) in [4.78, 5) is 11.8. The first-order valence-corrected chi connectivity index (χ1v) is 6.18. The van der Waals surface area contributed by atoms with Crippen molar-refractivity contribution in [2.24, 2.45) is 0 Å². The topological polar surface area (TPSA) is 38.3 Å². The minimum atomic E-state index is -4.42. The van der Waals surface area contributed by atoms with Crippen LogP contribution in [0.25, 0.3) is 0 Å². The molecule has 106 valence electrons. The molecule has 0 radical (unpaired) electrons. The van der Waals surface area contributed by atoms with E-state index in [1.54, 1.807) is 19.9 Å². The van der Waals surface area contributed by atoms with Crippen LogP contribution >= 0.6 is 15.9 Å². The maximum Gasteiger partial charge on any atom is 0.422 e. The third kappa shape index (κ3) is 5.50. The van der Waals surface area contributed by atoms with E-state index in [0.29, 0.717) is 0 Å². The second-order valence-corrected chi connectivity index (χ2v) is 6.31. The number of rotatable bonds is 4. The lowest BCUT2D eigenvalue weighted by Crippen LogP contribution is -2.31. The number of amides is 1. The first-order valence-electron chi connectivity index (χ1n) is 5.38. The molecule has 1 aromatic rings. The van der Waals surface area contributed by atoms with Gasteiger partial charge in [0.15, 0.2) is 6.61 Å². The van der Waals surface area contributed by atoms with Crippen LogP contribution in [-0.2, 0) is 4.79 Å². The number of hydrogen-bond donors (Lipinski definition) is 1. The molecule has 1 aromatic carbocycles. The van der Waals surface area contributed by atoms with Gasteiger partial charge in [-0.2, -0.15) is 13.2 Å². The lowest BCUT2D eigenvalue weighted by molar-refractivity contribution is -0.153. The first kappa shape index (κ1) is 15.8. The molecule has 1 N–H and O–H groups in total. The molecule has 0 saturated heterocycles. The molecular formula is C12H13BrF3NO2. The fraction of sp³-hybridized carbons (Fsp3) is 0.417. The third-order valence-corrected chi connectivity index (χ3v) is 2.43. The smallest absolute Gasteiger partial charge is 0.422 e. The summed E-state index contributed by atoms with van der Waals surface area (Å²) < 4.78 is 40.1. The molecule has 7 heteroatoms. The molecule has 0 saturated carbocycles. The number of alkyl halides is 4. The highest BCUT2D eigenvalue weighted by Gasteiger charge is 2.29. The van der Waals surface area contributed by atoms with Crippen molar-refractivity contribution in [2.45, 2.75) is 24.3 Å². The second-order valence-electron chi connectivity index (χ2n) is 4.33. The van der Waals surface area contributed by atoms with E-state index in [-0.39, 0.29) is 17.3 Å². The third-order valence-electron chi connectivity index (χ3n) is 2.07. The Morgan fingerprint density at radius 3 is 2.42 bits per heavy atom. The highest BCUT2D eigenvalue weighted by atomic mass is 79.9. The largest absolute Gasteiger partial charge is 0.482 e. The van der Waals surface area contributed by atoms with Crippen LogP contribution in [-0.4, -0.2) is 23.0 Å². The van der Waals surface area contributed by atoms with E-state index in [2.05, 4.69) is 26.0 Å². The van der Waals surface area contributed by atoms with Gasteiger partial charge in [-0.25, -0.2) is 0 Å². The van der Waals surface area contributed by atoms with E-state index in [0.717, 1.165) is 0 Å². The number of benzene rings is 1. The van der Waals surface area contributed by atoms with Crippen molar-refractivity contribution >= 4 is 27.5 Å². The van der Waals surface area contributed by atoms with Crippen LogP contribution in [0.3, 0.4) is 0 Å². The van der Waals surface area contributed by atoms with Crippen molar-refractivity contribution in [3.05, 3.63) is 24.3 Å². The van der Waals surface area contributed by atoms with Crippen molar-refractivity contribution in [1.82, 2.24) is 0 Å². The summed E-state index contributed by atoms with van der Waals surface area (Å²) in [5.41, 5.74) is 0.198. The molecule has 0 heterocycles. The van der Waals surface area contributed by atoms with Gasteiger partial charge < -0.3 is 10.1 Å². The minimum absolute atomic E-state index is 0.0232. The summed E-state index contributed by atoms with van der Waals surface area (Å²) in [5, 5.41) is 2.51. The van der Waals surface area contributed by atoms with Crippen LogP contribution in [0.5, 0.6) is 5.75 Å². The van der Waals surface area contributed by atoms with Crippen LogP contribution in [0.2, 0.25) is 0 Å². The Hall–Kier alpha value is -1.24. The van der Waals surface area contributed by atoms with E-state index in [4.69, 9.17) is 0 Å². The van der Waals surface area contributed by atoms with E-state index in [9.17, 15) is 18.0 Å². The lowest BCUT2D eigenvalue weighted by atomic mass is 10.2. The highest BCUT2D eigenvalue weighted by molar-refractivity contribution is 9.10. The number of halogens is 4. The Morgan fingerprint density at radius 2 is 1.89 bits per heavy atom. The average molecular weight is 340 g/mol. The number of carbonyl (C=O) groups excluding carboxylic acids is 1. The second kappa shape index (κ2) is 5.81. The molecular weight excluding hydrogens is 327 g/mol. The molecule has 0 aliphatic rings. The summed E-state index contributed by atoms with van der Waals surface area (Å²) in [6.45, 7) is 1.85. The zero-order valence-corrected chi connectivity index (χ0v) is 11.9. The zero-order chi connectivity index (χ0) is 14.7. The molecule has 0 atom stereocenters. The molecule has 0 aliphatic heterocycles. The number of carbonyl (C=O) groups is 1. The van der Waals surface area contributed by atoms with Crippen LogP contribution in [0.4, 0.5) is 18.9 Å². The number of hydrogen-bond acceptors (Lipinski definition) is 2. The minimum Gasteiger partial charge on any atom is -0.482 e. The van der Waals surface area contributed by atoms with E-state index in [1.165, 1.54) is 18.2 Å². The summed E-state index contributed by atoms with van der Waals surface area (Å²) >= 11 is 3.16. The van der Waals surface area contributed by atoms with Gasteiger partial charge in [0.1, 0.15) is 5.75 Å². The number of ether oxygens (including phenoxy) is 1. The molecule has 0 fully saturated rings. The number of nitrogens with one attached hydrogen (secondary N) is 1. The lowest BCUT2D eigenvalue weighted by Gasteiger charge is -2.18. The van der Waals surface area contributed by atoms with Gasteiger partial charge in [0.2, 0.25) is 5.91 Å². The van der Waals surface area contributed by atoms with Crippen LogP contribution in [0.15, 0.2) is 24.3 Å². The number of anilines is 1. The maximum absolute atomic E-state index is 12.1. The molecule has 0 aliphatic carbocycles. The molecule has 0 spiro atoms. The summed E-state index contributed by atoms with van der Waals surface area (Å²) in [6, 6.07) is 5.96. The fourth-order valence-electron chi connectivity index (χ4n) is 1.13. The summed E-state index contributed by atoms with van der Waals surface area (Å²) in [5.74, 6) is -0.402. The van der Waals surface area contributed by atoms with E-state index in [1.807, 2.05) is 0 Å². The van der Waals surface area contributed by atoms with Crippen LogP contribution < -0.4 is 10.1 Å². The highest BCUT2D eigenvalue weighted by Crippen LogP contribution is 2.28. The van der Waals surface area contributed by atoms with Gasteiger partial charge in [0.25, 0.3) is 0 Å². The summed E-state index contributed by atoms with van der Waals surface area (Å²) in [7, 11) is 0. The van der Waals surface area contributed by atoms with Crippen molar-refractivity contribution in [3.8, 4) is 5.75 Å². The van der Waals surface area contributed by atoms with Crippen molar-refractivity contribution in [2.75, 3.05) is 11.9 Å². The molecule has 0 bridgehead atoms. The van der Waals surface area contributed by atoms with Crippen LogP contribution in [0, 0.1) is 0 Å². The van der Waals surface area contributed by atoms with Gasteiger partial charge >= 0.3 is 6.18 Å². The Kier molecular flexibility index (Phi) is 4.84. The average Bonchev–Trinajstić information content (AvgIpc) is 2.25. The molecule has 19 heavy (non-hydrogen) atoms. The quantitative estimate of drug-likeness (QED) is 0.848. The SMILES string of the molecule is CC(C)(Br)C(=O)Nc1ccccc1OCC(F)(F)F. The Balaban J connectivity index is 2.82. The van der Waals surface area contributed by atoms with Gasteiger partial charge in [0, 0.05) is 0 Å². The van der Waals surface area contributed by atoms with Crippen molar-refractivity contribution in [1.29, 1.82) is 0 Å². The molecule has 0 unspecified atom stereocenters. The Bertz CT molecular complexity index is 455. The van der Waals surface area contributed by atoms with Gasteiger partial charge in [-0.05, 0) is 26.0 Å². The predicted octanol–water partition coefficient (Wildman–Crippen LogP) is 3.74. The maximum atomic E-state index is 12.1. The van der Waals surface area contributed by atoms with Gasteiger partial charge in [0.05, 0.1) is 10.0 Å². The standard InChI is InChI=1S/C12H13BrF3NO2/c1-11(2,13)10(18)17-8-5-3-4-6-9(8)19-7-12(14,15)16/h3-6H,7H2,1-2H3,(H,17,18). The normalized spacial score (nSPS) is 12.1. The Morgan fingerprint density at radius 1 is 1.32 bits per heavy atom. The number of para-hydroxylation sites is 2. The van der Waals surface area contributed by atoms with Gasteiger partial charge in [-0.3, -0.25) is 4.79 Å². The van der Waals surface area contributed by atoms with Gasteiger partial charge in [-0.15, -0.1) is 0 Å². The predicted molar refractivity (Wildman–Crippen MR) is 69.6 cm³/mol. The Labute approximate surface area is 117 Å². The molecule has 1 rings (SSSR count). The first-order chi connectivity index (χ1) is 8.59. The van der Waals surface area contributed by atoms with Crippen LogP contribution in [0.1, 0.15) is 13.8 Å². The molecule has 3 nitrogen and oxygen atoms in total. The molecule has 1 amide bonds. The molecule has 0 aromatic heterocycles. The van der Waals surface area contributed by atoms with E-state index >= 15 is 0 Å². The van der Waals surface area contributed by atoms with Crippen molar-refractivity contribution < 1.29 is 22.7 Å².